The number of H-pyrrole nitrogens is 1. The molecule has 0 radical (unpaired) electrons. The summed E-state index contributed by atoms with van der Waals surface area (Å²) in [5.74, 6) is 0.949. The number of fused-ring (bicyclic) bond motifs is 1. The Bertz CT molecular complexity index is 834. The SMILES string of the molecule is CN=C(NCc1cc2ccccc2[nH]1)N1CCN(Cc2ccon2)CC1.I. The molecule has 1 saturated heterocycles. The topological polar surface area (TPSA) is 72.7 Å². The van der Waals surface area contributed by atoms with Gasteiger partial charge < -0.3 is 19.7 Å². The highest BCUT2D eigenvalue weighted by Gasteiger charge is 2.20. The molecule has 8 heteroatoms. The molecule has 144 valence electrons. The van der Waals surface area contributed by atoms with Gasteiger partial charge in [0.05, 0.1) is 12.2 Å². The summed E-state index contributed by atoms with van der Waals surface area (Å²) in [4.78, 5) is 12.6. The second-order valence-corrected chi connectivity index (χ2v) is 6.54. The summed E-state index contributed by atoms with van der Waals surface area (Å²) in [6.07, 6.45) is 1.63. The molecule has 0 unspecified atom stereocenters. The lowest BCUT2D eigenvalue weighted by molar-refractivity contribution is 0.169. The van der Waals surface area contributed by atoms with Crippen LogP contribution in [0.5, 0.6) is 0 Å². The maximum Gasteiger partial charge on any atom is 0.194 e. The minimum atomic E-state index is 0. The van der Waals surface area contributed by atoms with Gasteiger partial charge >= 0.3 is 0 Å². The van der Waals surface area contributed by atoms with E-state index in [1.165, 1.54) is 10.9 Å². The molecule has 3 aromatic rings. The van der Waals surface area contributed by atoms with Gasteiger partial charge in [-0.3, -0.25) is 9.89 Å². The summed E-state index contributed by atoms with van der Waals surface area (Å²) in [7, 11) is 1.84. The standard InChI is InChI=1S/C19H24N6O.HI/c1-20-19(21-13-17-12-15-4-2-3-5-18(15)22-17)25-9-7-24(8-10-25)14-16-6-11-26-23-16;/h2-6,11-12,22H,7-10,13-14H2,1H3,(H,20,21);1H. The summed E-state index contributed by atoms with van der Waals surface area (Å²) in [6.45, 7) is 5.44. The van der Waals surface area contributed by atoms with Crippen LogP contribution in [0.1, 0.15) is 11.4 Å². The number of benzene rings is 1. The third-order valence-corrected chi connectivity index (χ3v) is 4.78. The van der Waals surface area contributed by atoms with E-state index in [-0.39, 0.29) is 24.0 Å². The first-order chi connectivity index (χ1) is 12.8. The first kappa shape index (κ1) is 19.7. The highest BCUT2D eigenvalue weighted by molar-refractivity contribution is 14.0. The van der Waals surface area contributed by atoms with Crippen LogP contribution in [0.4, 0.5) is 0 Å². The lowest BCUT2D eigenvalue weighted by atomic mass is 10.2. The Morgan fingerprint density at radius 1 is 1.22 bits per heavy atom. The van der Waals surface area contributed by atoms with Gasteiger partial charge in [0.15, 0.2) is 5.96 Å². The Labute approximate surface area is 175 Å². The Morgan fingerprint density at radius 2 is 2.04 bits per heavy atom. The van der Waals surface area contributed by atoms with Gasteiger partial charge in [0, 0.05) is 57.0 Å². The fraction of sp³-hybridized carbons (Fsp3) is 0.368. The predicted octanol–water partition coefficient (Wildman–Crippen LogP) is 2.67. The number of nitrogens with one attached hydrogen (secondary N) is 2. The van der Waals surface area contributed by atoms with Crippen molar-refractivity contribution in [2.75, 3.05) is 33.2 Å². The zero-order valence-corrected chi connectivity index (χ0v) is 17.7. The van der Waals surface area contributed by atoms with Crippen LogP contribution >= 0.6 is 24.0 Å². The lowest BCUT2D eigenvalue weighted by Gasteiger charge is -2.36. The van der Waals surface area contributed by atoms with Gasteiger partial charge in [0.25, 0.3) is 0 Å². The Morgan fingerprint density at radius 3 is 2.74 bits per heavy atom. The van der Waals surface area contributed by atoms with Gasteiger partial charge in [0.1, 0.15) is 6.26 Å². The molecule has 7 nitrogen and oxygen atoms in total. The molecule has 0 spiro atoms. The zero-order chi connectivity index (χ0) is 17.8. The van der Waals surface area contributed by atoms with Gasteiger partial charge in [-0.05, 0) is 17.5 Å². The average molecular weight is 480 g/mol. The van der Waals surface area contributed by atoms with E-state index >= 15 is 0 Å². The number of hydrogen-bond acceptors (Lipinski definition) is 4. The van der Waals surface area contributed by atoms with E-state index in [4.69, 9.17) is 4.52 Å². The van der Waals surface area contributed by atoms with Gasteiger partial charge in [-0.15, -0.1) is 24.0 Å². The van der Waals surface area contributed by atoms with Crippen LogP contribution in [0.25, 0.3) is 10.9 Å². The molecule has 2 N–H and O–H groups in total. The maximum atomic E-state index is 4.91. The number of rotatable bonds is 4. The lowest BCUT2D eigenvalue weighted by Crippen LogP contribution is -2.52. The molecule has 1 aromatic carbocycles. The quantitative estimate of drug-likeness (QED) is 0.342. The van der Waals surface area contributed by atoms with Crippen LogP contribution in [0, 0.1) is 0 Å². The van der Waals surface area contributed by atoms with E-state index in [9.17, 15) is 0 Å². The number of guanidine groups is 1. The fourth-order valence-electron chi connectivity index (χ4n) is 3.40. The fourth-order valence-corrected chi connectivity index (χ4v) is 3.40. The Hall–Kier alpha value is -2.07. The minimum absolute atomic E-state index is 0. The second-order valence-electron chi connectivity index (χ2n) is 6.54. The van der Waals surface area contributed by atoms with E-state index in [0.717, 1.165) is 56.6 Å². The third kappa shape index (κ3) is 4.81. The van der Waals surface area contributed by atoms with E-state index in [2.05, 4.69) is 54.5 Å². The molecule has 4 rings (SSSR count). The van der Waals surface area contributed by atoms with Crippen LogP contribution in [0.3, 0.4) is 0 Å². The monoisotopic (exact) mass is 480 g/mol. The molecule has 27 heavy (non-hydrogen) atoms. The van der Waals surface area contributed by atoms with Crippen molar-refractivity contribution in [1.29, 1.82) is 0 Å². The van der Waals surface area contributed by atoms with Crippen molar-refractivity contribution in [2.24, 2.45) is 4.99 Å². The van der Waals surface area contributed by atoms with Crippen LogP contribution in [-0.2, 0) is 13.1 Å². The molecule has 1 aliphatic heterocycles. The Balaban J connectivity index is 0.00000210. The molecule has 0 bridgehead atoms. The number of para-hydroxylation sites is 1. The summed E-state index contributed by atoms with van der Waals surface area (Å²) in [5.41, 5.74) is 3.32. The largest absolute Gasteiger partial charge is 0.364 e. The van der Waals surface area contributed by atoms with Crippen LogP contribution in [0.15, 0.2) is 52.2 Å². The maximum absolute atomic E-state index is 4.91. The number of aliphatic imine (C=N–C) groups is 1. The minimum Gasteiger partial charge on any atom is -0.364 e. The first-order valence-corrected chi connectivity index (χ1v) is 8.95. The third-order valence-electron chi connectivity index (χ3n) is 4.78. The second kappa shape index (κ2) is 9.23. The number of aromatic amines is 1. The normalized spacial score (nSPS) is 15.7. The number of hydrogen-bond donors (Lipinski definition) is 2. The molecular formula is C19H25IN6O. The van der Waals surface area contributed by atoms with Gasteiger partial charge in [-0.2, -0.15) is 0 Å². The molecule has 0 aliphatic carbocycles. The molecule has 0 amide bonds. The van der Waals surface area contributed by atoms with Crippen molar-refractivity contribution in [3.05, 3.63) is 54.0 Å². The van der Waals surface area contributed by atoms with Crippen molar-refractivity contribution < 1.29 is 4.52 Å². The van der Waals surface area contributed by atoms with Gasteiger partial charge in [-0.25, -0.2) is 0 Å². The number of piperazine rings is 1. The molecule has 2 aromatic heterocycles. The van der Waals surface area contributed by atoms with Crippen LogP contribution in [-0.4, -0.2) is 59.1 Å². The Kier molecular flexibility index (Phi) is 6.73. The van der Waals surface area contributed by atoms with E-state index < -0.39 is 0 Å². The van der Waals surface area contributed by atoms with E-state index in [1.807, 2.05) is 19.2 Å². The van der Waals surface area contributed by atoms with Gasteiger partial charge in [-0.1, -0.05) is 23.4 Å². The summed E-state index contributed by atoms with van der Waals surface area (Å²) in [5, 5.41) is 8.70. The summed E-state index contributed by atoms with van der Waals surface area (Å²) < 4.78 is 4.91. The number of halogens is 1. The average Bonchev–Trinajstić information content (AvgIpc) is 3.32. The molecular weight excluding hydrogens is 455 g/mol. The highest BCUT2D eigenvalue weighted by atomic mass is 127. The van der Waals surface area contributed by atoms with Crippen molar-refractivity contribution in [3.8, 4) is 0 Å². The van der Waals surface area contributed by atoms with Crippen LogP contribution in [0.2, 0.25) is 0 Å². The van der Waals surface area contributed by atoms with Crippen LogP contribution < -0.4 is 5.32 Å². The number of aromatic nitrogens is 2. The van der Waals surface area contributed by atoms with Crippen molar-refractivity contribution in [3.63, 3.8) is 0 Å². The van der Waals surface area contributed by atoms with E-state index in [1.54, 1.807) is 6.26 Å². The smallest absolute Gasteiger partial charge is 0.194 e. The van der Waals surface area contributed by atoms with Crippen molar-refractivity contribution in [1.82, 2.24) is 25.3 Å². The molecule has 0 atom stereocenters. The van der Waals surface area contributed by atoms with Gasteiger partial charge in [0.2, 0.25) is 0 Å². The summed E-state index contributed by atoms with van der Waals surface area (Å²) in [6, 6.07) is 12.4. The van der Waals surface area contributed by atoms with Crippen molar-refractivity contribution in [2.45, 2.75) is 13.1 Å². The molecule has 0 saturated carbocycles. The molecule has 3 heterocycles. The molecule has 1 fully saturated rings. The number of nitrogens with zero attached hydrogens (tertiary/aromatic N) is 4. The first-order valence-electron chi connectivity index (χ1n) is 8.95. The zero-order valence-electron chi connectivity index (χ0n) is 15.4. The van der Waals surface area contributed by atoms with E-state index in [0.29, 0.717) is 0 Å². The molecule has 1 aliphatic rings. The van der Waals surface area contributed by atoms with Crippen molar-refractivity contribution >= 4 is 40.8 Å². The summed E-state index contributed by atoms with van der Waals surface area (Å²) >= 11 is 0. The predicted molar refractivity (Wildman–Crippen MR) is 117 cm³/mol. The highest BCUT2D eigenvalue weighted by Crippen LogP contribution is 2.14.